The van der Waals surface area contributed by atoms with Crippen molar-refractivity contribution in [2.24, 2.45) is 4.40 Å². The molecule has 0 heterocycles. The van der Waals surface area contributed by atoms with Crippen molar-refractivity contribution in [3.05, 3.63) is 102 Å². The number of sulfonamides is 1. The summed E-state index contributed by atoms with van der Waals surface area (Å²) in [5, 5.41) is 0. The molecule has 0 amide bonds. The Balaban J connectivity index is 2.00. The lowest BCUT2D eigenvalue weighted by Gasteiger charge is -2.05. The van der Waals surface area contributed by atoms with Crippen molar-refractivity contribution in [1.29, 1.82) is 0 Å². The van der Waals surface area contributed by atoms with Crippen molar-refractivity contribution >= 4 is 21.8 Å². The topological polar surface area (TPSA) is 55.7 Å². The molecule has 0 aliphatic heterocycles. The normalized spacial score (nSPS) is 12.3. The summed E-state index contributed by atoms with van der Waals surface area (Å²) in [4.78, 5) is 0.171. The van der Waals surface area contributed by atoms with Crippen molar-refractivity contribution in [3.63, 3.8) is 0 Å². The Labute approximate surface area is 165 Å². The lowest BCUT2D eigenvalue weighted by Crippen LogP contribution is -2.04. The standard InChI is InChI=1S/C23H21NO3S/c1-18-8-15-22(16-9-18)28(25,26)24-23(20-6-4-3-5-7-20)17-12-19-10-13-21(27-2)14-11-19/h3-17H,1-2H3/b17-12+,24-23-. The van der Waals surface area contributed by atoms with Gasteiger partial charge in [-0.15, -0.1) is 0 Å². The largest absolute Gasteiger partial charge is 0.497 e. The third-order valence-electron chi connectivity index (χ3n) is 4.16. The van der Waals surface area contributed by atoms with Crippen molar-refractivity contribution in [2.75, 3.05) is 7.11 Å². The number of rotatable bonds is 6. The third kappa shape index (κ3) is 4.96. The smallest absolute Gasteiger partial charge is 0.282 e. The molecule has 3 aromatic carbocycles. The van der Waals surface area contributed by atoms with E-state index in [1.165, 1.54) is 0 Å². The van der Waals surface area contributed by atoms with Gasteiger partial charge in [-0.25, -0.2) is 0 Å². The summed E-state index contributed by atoms with van der Waals surface area (Å²) in [6.45, 7) is 1.91. The molecule has 28 heavy (non-hydrogen) atoms. The molecule has 0 aromatic heterocycles. The number of hydrogen-bond acceptors (Lipinski definition) is 3. The number of aryl methyl sites for hydroxylation is 1. The van der Waals surface area contributed by atoms with E-state index >= 15 is 0 Å². The molecule has 4 nitrogen and oxygen atoms in total. The second kappa shape index (κ2) is 8.67. The molecule has 0 bridgehead atoms. The SMILES string of the molecule is COc1ccc(/C=C/C(=N/S(=O)(=O)c2ccc(C)cc2)c2ccccc2)cc1. The summed E-state index contributed by atoms with van der Waals surface area (Å²) in [6, 6.07) is 23.4. The predicted octanol–water partition coefficient (Wildman–Crippen LogP) is 4.90. The zero-order valence-electron chi connectivity index (χ0n) is 15.7. The molecule has 142 valence electrons. The lowest BCUT2D eigenvalue weighted by molar-refractivity contribution is 0.415. The number of benzene rings is 3. The maximum absolute atomic E-state index is 12.8. The highest BCUT2D eigenvalue weighted by atomic mass is 32.2. The summed E-state index contributed by atoms with van der Waals surface area (Å²) in [5.74, 6) is 0.760. The minimum absolute atomic E-state index is 0.171. The van der Waals surface area contributed by atoms with Gasteiger partial charge < -0.3 is 4.74 Å². The monoisotopic (exact) mass is 391 g/mol. The van der Waals surface area contributed by atoms with E-state index in [2.05, 4.69) is 4.40 Å². The van der Waals surface area contributed by atoms with E-state index in [-0.39, 0.29) is 4.90 Å². The van der Waals surface area contributed by atoms with E-state index in [1.807, 2.05) is 67.6 Å². The molecule has 0 atom stereocenters. The maximum Gasteiger partial charge on any atom is 0.282 e. The Morgan fingerprint density at radius 3 is 2.14 bits per heavy atom. The molecule has 0 saturated carbocycles. The average Bonchev–Trinajstić information content (AvgIpc) is 2.72. The zero-order chi connectivity index (χ0) is 20.0. The predicted molar refractivity (Wildman–Crippen MR) is 113 cm³/mol. The van der Waals surface area contributed by atoms with Crippen LogP contribution >= 0.6 is 0 Å². The molecule has 3 rings (SSSR count). The van der Waals surface area contributed by atoms with Gasteiger partial charge in [0.05, 0.1) is 17.7 Å². The van der Waals surface area contributed by atoms with Crippen LogP contribution in [0.25, 0.3) is 6.08 Å². The van der Waals surface area contributed by atoms with E-state index in [4.69, 9.17) is 4.74 Å². The molecular weight excluding hydrogens is 370 g/mol. The van der Waals surface area contributed by atoms with E-state index in [0.29, 0.717) is 5.71 Å². The minimum Gasteiger partial charge on any atom is -0.497 e. The van der Waals surface area contributed by atoms with Gasteiger partial charge in [0.1, 0.15) is 5.75 Å². The van der Waals surface area contributed by atoms with Crippen LogP contribution in [0.2, 0.25) is 0 Å². The number of hydrogen-bond donors (Lipinski definition) is 0. The Bertz CT molecular complexity index is 1080. The average molecular weight is 391 g/mol. The quantitative estimate of drug-likeness (QED) is 0.562. The molecule has 0 N–H and O–H groups in total. The summed E-state index contributed by atoms with van der Waals surface area (Å²) in [7, 11) is -2.21. The van der Waals surface area contributed by atoms with Crippen LogP contribution in [0.3, 0.4) is 0 Å². The molecule has 0 radical (unpaired) electrons. The summed E-state index contributed by atoms with van der Waals surface area (Å²) >= 11 is 0. The molecule has 0 spiro atoms. The van der Waals surface area contributed by atoms with Crippen LogP contribution < -0.4 is 4.74 Å². The van der Waals surface area contributed by atoms with Gasteiger partial charge in [0.25, 0.3) is 10.0 Å². The molecule has 0 aliphatic carbocycles. The highest BCUT2D eigenvalue weighted by molar-refractivity contribution is 7.90. The Kier molecular flexibility index (Phi) is 6.06. The van der Waals surface area contributed by atoms with Gasteiger partial charge in [0.15, 0.2) is 0 Å². The van der Waals surface area contributed by atoms with Gasteiger partial charge in [0, 0.05) is 5.56 Å². The Morgan fingerprint density at radius 2 is 1.54 bits per heavy atom. The molecule has 5 heteroatoms. The first-order valence-electron chi connectivity index (χ1n) is 8.77. The molecule has 3 aromatic rings. The molecule has 0 fully saturated rings. The summed E-state index contributed by atoms with van der Waals surface area (Å²) < 4.78 is 34.8. The van der Waals surface area contributed by atoms with E-state index in [9.17, 15) is 8.42 Å². The summed E-state index contributed by atoms with van der Waals surface area (Å²) in [6.07, 6.45) is 3.54. The fraction of sp³-hybridized carbons (Fsp3) is 0.0870. The van der Waals surface area contributed by atoms with Crippen LogP contribution in [0.15, 0.2) is 94.2 Å². The van der Waals surface area contributed by atoms with E-state index in [1.54, 1.807) is 37.5 Å². The van der Waals surface area contributed by atoms with Crippen molar-refractivity contribution in [2.45, 2.75) is 11.8 Å². The van der Waals surface area contributed by atoms with Crippen molar-refractivity contribution in [1.82, 2.24) is 0 Å². The maximum atomic E-state index is 12.8. The number of nitrogens with zero attached hydrogens (tertiary/aromatic N) is 1. The first-order chi connectivity index (χ1) is 13.5. The van der Waals surface area contributed by atoms with Crippen molar-refractivity contribution < 1.29 is 13.2 Å². The second-order valence-corrected chi connectivity index (χ2v) is 7.84. The van der Waals surface area contributed by atoms with Gasteiger partial charge in [-0.3, -0.25) is 0 Å². The fourth-order valence-corrected chi connectivity index (χ4v) is 3.58. The van der Waals surface area contributed by atoms with Gasteiger partial charge in [0.2, 0.25) is 0 Å². The highest BCUT2D eigenvalue weighted by Crippen LogP contribution is 2.17. The first-order valence-corrected chi connectivity index (χ1v) is 10.2. The van der Waals surface area contributed by atoms with Gasteiger partial charge in [-0.1, -0.05) is 66.2 Å². The zero-order valence-corrected chi connectivity index (χ0v) is 16.6. The van der Waals surface area contributed by atoms with Crippen LogP contribution in [0.5, 0.6) is 5.75 Å². The third-order valence-corrected chi connectivity index (χ3v) is 5.46. The Morgan fingerprint density at radius 1 is 0.893 bits per heavy atom. The molecular formula is C23H21NO3S. The van der Waals surface area contributed by atoms with Crippen molar-refractivity contribution in [3.8, 4) is 5.75 Å². The van der Waals surface area contributed by atoms with E-state index < -0.39 is 10.0 Å². The van der Waals surface area contributed by atoms with Gasteiger partial charge in [-0.2, -0.15) is 12.8 Å². The number of ether oxygens (including phenoxy) is 1. The molecule has 0 unspecified atom stereocenters. The fourth-order valence-electron chi connectivity index (χ4n) is 2.57. The van der Waals surface area contributed by atoms with Crippen LogP contribution in [0.4, 0.5) is 0 Å². The van der Waals surface area contributed by atoms with E-state index in [0.717, 1.165) is 22.4 Å². The molecule has 0 saturated heterocycles. The highest BCUT2D eigenvalue weighted by Gasteiger charge is 2.14. The minimum atomic E-state index is -3.82. The van der Waals surface area contributed by atoms with Crippen LogP contribution in [-0.2, 0) is 10.0 Å². The molecule has 0 aliphatic rings. The second-order valence-electron chi connectivity index (χ2n) is 6.24. The lowest BCUT2D eigenvalue weighted by atomic mass is 10.1. The number of methoxy groups -OCH3 is 1. The van der Waals surface area contributed by atoms with Gasteiger partial charge >= 0.3 is 0 Å². The number of allylic oxidation sites excluding steroid dienone is 1. The van der Waals surface area contributed by atoms with Crippen LogP contribution in [-0.4, -0.2) is 21.2 Å². The summed E-state index contributed by atoms with van der Waals surface area (Å²) in [5.41, 5.74) is 3.00. The van der Waals surface area contributed by atoms with Crippen LogP contribution in [0, 0.1) is 6.92 Å². The Hall–Kier alpha value is -3.18. The van der Waals surface area contributed by atoms with Crippen LogP contribution in [0.1, 0.15) is 16.7 Å². The van der Waals surface area contributed by atoms with Gasteiger partial charge in [-0.05, 0) is 42.8 Å². The first kappa shape index (κ1) is 19.6.